The summed E-state index contributed by atoms with van der Waals surface area (Å²) >= 11 is 6.25. The number of benzene rings is 3. The summed E-state index contributed by atoms with van der Waals surface area (Å²) in [6.07, 6.45) is 1.51. The third kappa shape index (κ3) is 6.24. The number of ether oxygens (including phenoxy) is 1. The smallest absolute Gasteiger partial charge is 0.261 e. The number of nitrogens with one attached hydrogen (secondary N) is 2. The number of sulfonamides is 1. The van der Waals surface area contributed by atoms with Crippen molar-refractivity contribution < 1.29 is 17.9 Å². The summed E-state index contributed by atoms with van der Waals surface area (Å²) in [5, 5.41) is 3.02. The van der Waals surface area contributed by atoms with E-state index < -0.39 is 10.0 Å². The van der Waals surface area contributed by atoms with Gasteiger partial charge >= 0.3 is 0 Å². The molecule has 8 heteroatoms. The van der Waals surface area contributed by atoms with Gasteiger partial charge in [-0.2, -0.15) is 0 Å². The first-order chi connectivity index (χ1) is 15.4. The van der Waals surface area contributed by atoms with Gasteiger partial charge in [-0.1, -0.05) is 48.0 Å². The Kier molecular flexibility index (Phi) is 8.14. The number of carbonyl (C=O) groups excluding carboxylic acids is 1. The lowest BCUT2D eigenvalue weighted by Gasteiger charge is -2.12. The molecule has 0 aliphatic rings. The Hall–Kier alpha value is -3.03. The predicted molar refractivity (Wildman–Crippen MR) is 127 cm³/mol. The molecule has 3 rings (SSSR count). The SMILES string of the molecule is CCOc1ccccc1CCCNC(=O)c1ccc(NS(=O)(=O)c2ccccc2)cc1Cl. The van der Waals surface area contributed by atoms with Gasteiger partial charge in [-0.3, -0.25) is 9.52 Å². The highest BCUT2D eigenvalue weighted by atomic mass is 35.5. The highest BCUT2D eigenvalue weighted by Gasteiger charge is 2.16. The lowest BCUT2D eigenvalue weighted by atomic mass is 10.1. The zero-order chi connectivity index (χ0) is 23.0. The first-order valence-electron chi connectivity index (χ1n) is 10.3. The summed E-state index contributed by atoms with van der Waals surface area (Å²) in [7, 11) is -3.73. The molecule has 0 fully saturated rings. The zero-order valence-corrected chi connectivity index (χ0v) is 19.2. The van der Waals surface area contributed by atoms with Crippen molar-refractivity contribution in [2.45, 2.75) is 24.7 Å². The quantitative estimate of drug-likeness (QED) is 0.411. The number of amides is 1. The Bertz CT molecular complexity index is 1170. The van der Waals surface area contributed by atoms with E-state index in [1.807, 2.05) is 31.2 Å². The van der Waals surface area contributed by atoms with Crippen LogP contribution < -0.4 is 14.8 Å². The summed E-state index contributed by atoms with van der Waals surface area (Å²) in [4.78, 5) is 12.6. The molecule has 0 aromatic heterocycles. The molecule has 2 N–H and O–H groups in total. The third-order valence-corrected chi connectivity index (χ3v) is 6.41. The highest BCUT2D eigenvalue weighted by Crippen LogP contribution is 2.24. The molecule has 0 heterocycles. The minimum Gasteiger partial charge on any atom is -0.494 e. The van der Waals surface area contributed by atoms with Crippen LogP contribution in [0.4, 0.5) is 5.69 Å². The number of rotatable bonds is 10. The van der Waals surface area contributed by atoms with E-state index in [1.54, 1.807) is 18.2 Å². The molecule has 1 amide bonds. The molecule has 0 bridgehead atoms. The highest BCUT2D eigenvalue weighted by molar-refractivity contribution is 7.92. The molecule has 0 spiro atoms. The van der Waals surface area contributed by atoms with Gasteiger partial charge in [0.15, 0.2) is 0 Å². The van der Waals surface area contributed by atoms with Gasteiger partial charge in [-0.15, -0.1) is 0 Å². The summed E-state index contributed by atoms with van der Waals surface area (Å²) in [5.41, 5.74) is 1.66. The number of aryl methyl sites for hydroxylation is 1. The first-order valence-corrected chi connectivity index (χ1v) is 12.1. The maximum atomic E-state index is 12.5. The lowest BCUT2D eigenvalue weighted by molar-refractivity contribution is 0.0953. The number of carbonyl (C=O) groups is 1. The van der Waals surface area contributed by atoms with E-state index in [0.717, 1.165) is 24.2 Å². The van der Waals surface area contributed by atoms with Gasteiger partial charge in [-0.05, 0) is 61.7 Å². The molecule has 0 unspecified atom stereocenters. The topological polar surface area (TPSA) is 84.5 Å². The van der Waals surface area contributed by atoms with E-state index in [2.05, 4.69) is 10.0 Å². The van der Waals surface area contributed by atoms with E-state index in [4.69, 9.17) is 16.3 Å². The molecule has 3 aromatic carbocycles. The van der Waals surface area contributed by atoms with Crippen LogP contribution in [0, 0.1) is 0 Å². The number of para-hydroxylation sites is 1. The van der Waals surface area contributed by atoms with E-state index in [9.17, 15) is 13.2 Å². The second-order valence-electron chi connectivity index (χ2n) is 7.01. The van der Waals surface area contributed by atoms with Crippen molar-refractivity contribution in [2.75, 3.05) is 17.9 Å². The van der Waals surface area contributed by atoms with Crippen LogP contribution in [0.2, 0.25) is 5.02 Å². The minimum atomic E-state index is -3.73. The fourth-order valence-corrected chi connectivity index (χ4v) is 4.50. The maximum absolute atomic E-state index is 12.5. The molecule has 0 aliphatic carbocycles. The number of anilines is 1. The summed E-state index contributed by atoms with van der Waals surface area (Å²) in [5.74, 6) is 0.545. The van der Waals surface area contributed by atoms with Gasteiger partial charge in [0.05, 0.1) is 27.8 Å². The molecular formula is C24H25ClN2O4S. The number of hydrogen-bond acceptors (Lipinski definition) is 4. The van der Waals surface area contributed by atoms with Crippen molar-refractivity contribution in [3.63, 3.8) is 0 Å². The summed E-state index contributed by atoms with van der Waals surface area (Å²) in [6, 6.07) is 20.3. The molecule has 0 aliphatic heterocycles. The minimum absolute atomic E-state index is 0.142. The Morgan fingerprint density at radius 3 is 2.44 bits per heavy atom. The molecular weight excluding hydrogens is 448 g/mol. The predicted octanol–water partition coefficient (Wildman–Crippen LogP) is 4.90. The van der Waals surface area contributed by atoms with Gasteiger partial charge in [-0.25, -0.2) is 8.42 Å². The van der Waals surface area contributed by atoms with Crippen molar-refractivity contribution in [3.8, 4) is 5.75 Å². The Labute approximate surface area is 193 Å². The molecule has 168 valence electrons. The van der Waals surface area contributed by atoms with E-state index in [0.29, 0.717) is 13.2 Å². The van der Waals surface area contributed by atoms with Crippen molar-refractivity contribution >= 4 is 33.2 Å². The van der Waals surface area contributed by atoms with Gasteiger partial charge in [0.1, 0.15) is 5.75 Å². The first kappa shape index (κ1) is 23.6. The van der Waals surface area contributed by atoms with E-state index >= 15 is 0 Å². The van der Waals surface area contributed by atoms with Crippen molar-refractivity contribution in [1.29, 1.82) is 0 Å². The van der Waals surface area contributed by atoms with Crippen LogP contribution in [0.1, 0.15) is 29.3 Å². The van der Waals surface area contributed by atoms with Crippen molar-refractivity contribution in [1.82, 2.24) is 5.32 Å². The fraction of sp³-hybridized carbons (Fsp3) is 0.208. The second-order valence-corrected chi connectivity index (χ2v) is 9.10. The van der Waals surface area contributed by atoms with Gasteiger partial charge < -0.3 is 10.1 Å². The van der Waals surface area contributed by atoms with E-state index in [1.165, 1.54) is 30.3 Å². The second kappa shape index (κ2) is 11.0. The molecule has 0 saturated carbocycles. The van der Waals surface area contributed by atoms with Crippen molar-refractivity contribution in [2.24, 2.45) is 0 Å². The van der Waals surface area contributed by atoms with Crippen LogP contribution in [-0.4, -0.2) is 27.5 Å². The summed E-state index contributed by atoms with van der Waals surface area (Å²) < 4.78 is 33.0. The van der Waals surface area contributed by atoms with Gasteiger partial charge in [0, 0.05) is 6.54 Å². The van der Waals surface area contributed by atoms with Crippen LogP contribution in [-0.2, 0) is 16.4 Å². The van der Waals surface area contributed by atoms with Crippen LogP contribution in [0.15, 0.2) is 77.7 Å². The molecule has 0 radical (unpaired) electrons. The zero-order valence-electron chi connectivity index (χ0n) is 17.7. The largest absolute Gasteiger partial charge is 0.494 e. The lowest BCUT2D eigenvalue weighted by Crippen LogP contribution is -2.25. The molecule has 6 nitrogen and oxygen atoms in total. The van der Waals surface area contributed by atoms with Crippen LogP contribution in [0.25, 0.3) is 0 Å². The molecule has 0 saturated heterocycles. The summed E-state index contributed by atoms with van der Waals surface area (Å²) in [6.45, 7) is 3.01. The fourth-order valence-electron chi connectivity index (χ4n) is 3.16. The normalized spacial score (nSPS) is 11.1. The van der Waals surface area contributed by atoms with Crippen LogP contribution in [0.3, 0.4) is 0 Å². The average molecular weight is 473 g/mol. The van der Waals surface area contributed by atoms with Gasteiger partial charge in [0.25, 0.3) is 15.9 Å². The number of halogens is 1. The molecule has 3 aromatic rings. The van der Waals surface area contributed by atoms with Gasteiger partial charge in [0.2, 0.25) is 0 Å². The Balaban J connectivity index is 1.56. The molecule has 32 heavy (non-hydrogen) atoms. The average Bonchev–Trinajstić information content (AvgIpc) is 2.78. The maximum Gasteiger partial charge on any atom is 0.261 e. The standard InChI is InChI=1S/C24H25ClN2O4S/c1-2-31-23-13-7-6-9-18(23)10-8-16-26-24(28)21-15-14-19(17-22(21)25)27-32(29,30)20-11-4-3-5-12-20/h3-7,9,11-15,17,27H,2,8,10,16H2,1H3,(H,26,28). The Morgan fingerprint density at radius 1 is 1.00 bits per heavy atom. The van der Waals surface area contributed by atoms with E-state index in [-0.39, 0.29) is 27.1 Å². The molecule has 0 atom stereocenters. The Morgan fingerprint density at radius 2 is 1.72 bits per heavy atom. The third-order valence-electron chi connectivity index (χ3n) is 4.70. The monoisotopic (exact) mass is 472 g/mol. The van der Waals surface area contributed by atoms with Crippen LogP contribution in [0.5, 0.6) is 5.75 Å². The van der Waals surface area contributed by atoms with Crippen LogP contribution >= 0.6 is 11.6 Å². The van der Waals surface area contributed by atoms with Crippen molar-refractivity contribution in [3.05, 3.63) is 88.9 Å². The number of hydrogen-bond donors (Lipinski definition) is 2.